The monoisotopic (exact) mass is 572 g/mol. The summed E-state index contributed by atoms with van der Waals surface area (Å²) in [5, 5.41) is 12.0. The van der Waals surface area contributed by atoms with Crippen LogP contribution in [0.2, 0.25) is 0 Å². The molecule has 3 aliphatic rings. The van der Waals surface area contributed by atoms with Crippen LogP contribution in [0.4, 0.5) is 14.6 Å². The summed E-state index contributed by atoms with van der Waals surface area (Å²) >= 11 is 0. The Labute approximate surface area is 220 Å². The number of fused-ring (bicyclic) bond motifs is 1. The second kappa shape index (κ2) is 9.33. The van der Waals surface area contributed by atoms with Crippen LogP contribution in [0.25, 0.3) is 11.0 Å². The molecule has 1 saturated carbocycles. The first-order valence-corrected chi connectivity index (χ1v) is 15.4. The molecule has 1 spiro atoms. The first-order chi connectivity index (χ1) is 17.8. The fourth-order valence-electron chi connectivity index (χ4n) is 5.57. The molecule has 0 unspecified atom stereocenters. The van der Waals surface area contributed by atoms with Crippen molar-refractivity contribution < 1.29 is 25.6 Å². The average Bonchev–Trinajstić information content (AvgIpc) is 3.28. The van der Waals surface area contributed by atoms with Gasteiger partial charge < -0.3 is 9.88 Å². The number of aromatic nitrogens is 3. The number of sulfone groups is 1. The highest BCUT2D eigenvalue weighted by Gasteiger charge is 2.60. The lowest BCUT2D eigenvalue weighted by molar-refractivity contribution is 0.0189. The van der Waals surface area contributed by atoms with Gasteiger partial charge in [0.2, 0.25) is 0 Å². The molecule has 2 N–H and O–H groups in total. The highest BCUT2D eigenvalue weighted by atomic mass is 32.2. The van der Waals surface area contributed by atoms with Crippen molar-refractivity contribution in [3.05, 3.63) is 18.6 Å². The zero-order valence-corrected chi connectivity index (χ0v) is 22.5. The molecule has 0 aromatic carbocycles. The maximum absolute atomic E-state index is 14.3. The average molecular weight is 573 g/mol. The van der Waals surface area contributed by atoms with Crippen molar-refractivity contribution in [2.24, 2.45) is 0 Å². The van der Waals surface area contributed by atoms with Gasteiger partial charge in [0.1, 0.15) is 22.7 Å². The van der Waals surface area contributed by atoms with Gasteiger partial charge in [0.05, 0.1) is 29.3 Å². The van der Waals surface area contributed by atoms with Crippen molar-refractivity contribution in [2.45, 2.75) is 48.4 Å². The second-order valence-electron chi connectivity index (χ2n) is 10.4. The number of rotatable bonds is 9. The van der Waals surface area contributed by atoms with Crippen LogP contribution < -0.4 is 10.2 Å². The smallest absolute Gasteiger partial charge is 0.282 e. The zero-order valence-electron chi connectivity index (χ0n) is 20.9. The molecule has 2 aromatic heterocycles. The number of halogens is 2. The van der Waals surface area contributed by atoms with Gasteiger partial charge in [-0.05, 0) is 25.3 Å². The molecule has 0 bridgehead atoms. The van der Waals surface area contributed by atoms with Gasteiger partial charge in [-0.3, -0.25) is 5.32 Å². The van der Waals surface area contributed by atoms with Crippen LogP contribution in [-0.2, 0) is 20.0 Å². The number of hydrogen-bond acceptors (Lipinski definition) is 9. The summed E-state index contributed by atoms with van der Waals surface area (Å²) in [7, 11) is -7.18. The third-order valence-corrected chi connectivity index (χ3v) is 12.2. The fraction of sp³-hybridized carbons (Fsp3) is 0.682. The summed E-state index contributed by atoms with van der Waals surface area (Å²) < 4.78 is 84.9. The number of aromatic amines is 1. The molecule has 208 valence electrons. The molecular formula is C22H30F2N8O4S2. The van der Waals surface area contributed by atoms with E-state index in [1.165, 1.54) is 17.7 Å². The Hall–Kier alpha value is -2.45. The van der Waals surface area contributed by atoms with Crippen LogP contribution >= 0.6 is 0 Å². The maximum atomic E-state index is 14.3. The van der Waals surface area contributed by atoms with Gasteiger partial charge in [-0.2, -0.15) is 22.3 Å². The molecule has 2 saturated heterocycles. The zero-order chi connectivity index (χ0) is 27.4. The molecule has 1 atom stereocenters. The summed E-state index contributed by atoms with van der Waals surface area (Å²) in [4.78, 5) is 11.5. The van der Waals surface area contributed by atoms with Crippen LogP contribution in [0.3, 0.4) is 0 Å². The van der Waals surface area contributed by atoms with Crippen LogP contribution in [0, 0.1) is 11.3 Å². The number of nitrogens with zero attached hydrogens (tertiary/aromatic N) is 6. The van der Waals surface area contributed by atoms with Crippen LogP contribution in [0.15, 0.2) is 18.6 Å². The molecule has 1 aliphatic carbocycles. The van der Waals surface area contributed by atoms with E-state index < -0.39 is 61.6 Å². The van der Waals surface area contributed by atoms with Crippen LogP contribution in [0.5, 0.6) is 0 Å². The van der Waals surface area contributed by atoms with Gasteiger partial charge in [0.15, 0.2) is 9.84 Å². The fourth-order valence-corrected chi connectivity index (χ4v) is 9.45. The SMILES string of the molecule is CN(C[C@@]1(S(=O)(=O)CCCC#N)CC(F)(F)CN1)S(=O)(=O)N1CCN(c2ncnc3[nH]ccc23)CC12CC2. The van der Waals surface area contributed by atoms with E-state index in [2.05, 4.69) is 20.3 Å². The third-order valence-electron chi connectivity index (χ3n) is 7.71. The van der Waals surface area contributed by atoms with E-state index in [1.807, 2.05) is 17.0 Å². The lowest BCUT2D eigenvalue weighted by atomic mass is 10.2. The first-order valence-electron chi connectivity index (χ1n) is 12.3. The number of nitrogens with one attached hydrogen (secondary N) is 2. The normalized spacial score (nSPS) is 25.3. The highest BCUT2D eigenvalue weighted by Crippen LogP contribution is 2.47. The number of hydrogen-bond donors (Lipinski definition) is 2. The largest absolute Gasteiger partial charge is 0.353 e. The Morgan fingerprint density at radius 2 is 1.97 bits per heavy atom. The lowest BCUT2D eigenvalue weighted by Gasteiger charge is -2.44. The van der Waals surface area contributed by atoms with Crippen LogP contribution in [-0.4, -0.2) is 102 Å². The number of unbranched alkanes of at least 4 members (excludes halogenated alkanes) is 1. The summed E-state index contributed by atoms with van der Waals surface area (Å²) in [5.74, 6) is -3.10. The predicted molar refractivity (Wildman–Crippen MR) is 135 cm³/mol. The van der Waals surface area contributed by atoms with Crippen molar-refractivity contribution in [1.82, 2.24) is 28.9 Å². The van der Waals surface area contributed by atoms with E-state index >= 15 is 0 Å². The van der Waals surface area contributed by atoms with Crippen molar-refractivity contribution in [1.29, 1.82) is 5.26 Å². The van der Waals surface area contributed by atoms with E-state index in [0.717, 1.165) is 9.69 Å². The minimum Gasteiger partial charge on any atom is -0.353 e. The third kappa shape index (κ3) is 4.64. The van der Waals surface area contributed by atoms with E-state index in [-0.39, 0.29) is 19.4 Å². The molecule has 0 amide bonds. The molecule has 3 fully saturated rings. The van der Waals surface area contributed by atoms with Crippen molar-refractivity contribution in [3.63, 3.8) is 0 Å². The molecule has 38 heavy (non-hydrogen) atoms. The molecule has 2 aliphatic heterocycles. The summed E-state index contributed by atoms with van der Waals surface area (Å²) in [6.45, 7) is -0.654. The number of likely N-dealkylation sites (N-methyl/N-ethyl adjacent to an activating group) is 1. The van der Waals surface area contributed by atoms with E-state index in [0.29, 0.717) is 37.4 Å². The Kier molecular flexibility index (Phi) is 6.66. The molecule has 0 radical (unpaired) electrons. The number of alkyl halides is 2. The molecule has 12 nitrogen and oxygen atoms in total. The number of anilines is 1. The Morgan fingerprint density at radius 1 is 1.21 bits per heavy atom. The maximum Gasteiger partial charge on any atom is 0.282 e. The molecule has 16 heteroatoms. The van der Waals surface area contributed by atoms with Crippen molar-refractivity contribution >= 4 is 36.9 Å². The van der Waals surface area contributed by atoms with Crippen molar-refractivity contribution in [2.75, 3.05) is 50.4 Å². The Balaban J connectivity index is 1.37. The standard InChI is InChI=1S/C22H30F2N8O4S2/c1-30(15-22(12-21(23,24)13-29-22)37(33,34)11-3-2-7-25)38(35,36)32-10-9-31(14-20(32)5-6-20)19-17-4-8-26-18(17)27-16-28-19/h4,8,16,29H,2-3,5-6,9-15H2,1H3,(H,26,27,28)/t22-/m0/s1. The molecule has 5 rings (SSSR count). The van der Waals surface area contributed by atoms with Gasteiger partial charge in [-0.15, -0.1) is 0 Å². The lowest BCUT2D eigenvalue weighted by Crippen LogP contribution is -2.62. The number of piperazine rings is 1. The Morgan fingerprint density at radius 3 is 2.63 bits per heavy atom. The van der Waals surface area contributed by atoms with Crippen molar-refractivity contribution in [3.8, 4) is 6.07 Å². The Bertz CT molecular complexity index is 1470. The summed E-state index contributed by atoms with van der Waals surface area (Å²) in [6.07, 6.45) is 3.34. The highest BCUT2D eigenvalue weighted by molar-refractivity contribution is 7.92. The van der Waals surface area contributed by atoms with E-state index in [4.69, 9.17) is 5.26 Å². The van der Waals surface area contributed by atoms with Gasteiger partial charge in [0.25, 0.3) is 16.1 Å². The molecular weight excluding hydrogens is 542 g/mol. The summed E-state index contributed by atoms with van der Waals surface area (Å²) in [5.41, 5.74) is -0.0121. The van der Waals surface area contributed by atoms with E-state index in [9.17, 15) is 25.6 Å². The minimum absolute atomic E-state index is 0.0210. The van der Waals surface area contributed by atoms with Gasteiger partial charge in [-0.1, -0.05) is 0 Å². The van der Waals surface area contributed by atoms with Crippen LogP contribution in [0.1, 0.15) is 32.1 Å². The number of nitriles is 1. The van der Waals surface area contributed by atoms with Gasteiger partial charge in [-0.25, -0.2) is 27.2 Å². The van der Waals surface area contributed by atoms with E-state index in [1.54, 1.807) is 6.20 Å². The van der Waals surface area contributed by atoms with Gasteiger partial charge >= 0.3 is 0 Å². The predicted octanol–water partition coefficient (Wildman–Crippen LogP) is 0.833. The topological polar surface area (TPSA) is 155 Å². The second-order valence-corrected chi connectivity index (χ2v) is 14.8. The molecule has 4 heterocycles. The molecule has 2 aromatic rings. The first kappa shape index (κ1) is 27.1. The summed E-state index contributed by atoms with van der Waals surface area (Å²) in [6, 6.07) is 3.71. The number of H-pyrrole nitrogens is 1. The minimum atomic E-state index is -4.22. The van der Waals surface area contributed by atoms with Gasteiger partial charge in [0, 0.05) is 52.3 Å². The quantitative estimate of drug-likeness (QED) is 0.416.